The number of fused-ring (bicyclic) bond motifs is 1. The van der Waals surface area contributed by atoms with E-state index in [9.17, 15) is 10.1 Å². The van der Waals surface area contributed by atoms with E-state index in [0.717, 1.165) is 11.8 Å². The van der Waals surface area contributed by atoms with Crippen LogP contribution in [0.4, 0.5) is 0 Å². The van der Waals surface area contributed by atoms with Crippen molar-refractivity contribution in [3.63, 3.8) is 0 Å². The van der Waals surface area contributed by atoms with E-state index >= 15 is 0 Å². The minimum atomic E-state index is -0.496. The predicted molar refractivity (Wildman–Crippen MR) is 102 cm³/mol. The smallest absolute Gasteiger partial charge is 0.235 e. The number of ether oxygens (including phenoxy) is 2. The zero-order valence-corrected chi connectivity index (χ0v) is 14.4. The van der Waals surface area contributed by atoms with Gasteiger partial charge in [-0.15, -0.1) is 0 Å². The molecule has 5 heteroatoms. The van der Waals surface area contributed by atoms with Crippen molar-refractivity contribution in [3.05, 3.63) is 88.1 Å². The number of nitro groups is 1. The molecule has 0 saturated heterocycles. The second-order valence-corrected chi connectivity index (χ2v) is 5.71. The topological polar surface area (TPSA) is 61.6 Å². The second kappa shape index (κ2) is 8.16. The fourth-order valence-corrected chi connectivity index (χ4v) is 2.65. The molecule has 0 aliphatic carbocycles. The molecule has 0 unspecified atom stereocenters. The van der Waals surface area contributed by atoms with Crippen molar-refractivity contribution in [2.75, 3.05) is 6.61 Å². The predicted octanol–water partition coefficient (Wildman–Crippen LogP) is 5.06. The molecule has 3 rings (SSSR count). The Labute approximate surface area is 151 Å². The fourth-order valence-electron chi connectivity index (χ4n) is 2.65. The quantitative estimate of drug-likeness (QED) is 0.441. The monoisotopic (exact) mass is 349 g/mol. The molecule has 26 heavy (non-hydrogen) atoms. The van der Waals surface area contributed by atoms with E-state index in [-0.39, 0.29) is 0 Å². The molecule has 0 spiro atoms. The van der Waals surface area contributed by atoms with Crippen LogP contribution in [0.2, 0.25) is 0 Å². The maximum Gasteiger partial charge on any atom is 0.235 e. The Hall–Kier alpha value is -3.34. The third kappa shape index (κ3) is 4.39. The van der Waals surface area contributed by atoms with Crippen LogP contribution in [0.25, 0.3) is 16.8 Å². The molecule has 0 bridgehead atoms. The largest absolute Gasteiger partial charge is 0.490 e. The molecule has 0 saturated carbocycles. The molecule has 3 aromatic carbocycles. The van der Waals surface area contributed by atoms with E-state index < -0.39 is 4.92 Å². The molecule has 0 atom stereocenters. The van der Waals surface area contributed by atoms with E-state index in [1.807, 2.05) is 25.1 Å². The summed E-state index contributed by atoms with van der Waals surface area (Å²) < 4.78 is 11.5. The van der Waals surface area contributed by atoms with E-state index in [2.05, 4.69) is 24.3 Å². The zero-order chi connectivity index (χ0) is 18.4. The molecule has 3 aromatic rings. The van der Waals surface area contributed by atoms with Gasteiger partial charge in [0.25, 0.3) is 0 Å². The lowest BCUT2D eigenvalue weighted by atomic mass is 10.1. The van der Waals surface area contributed by atoms with Crippen LogP contribution in [-0.2, 0) is 6.61 Å². The SMILES string of the molecule is CCOc1cc(/C=C/[N+](=O)[O-])ccc1OCc1ccc2ccccc2c1. The molecule has 0 N–H and O–H groups in total. The molecule has 0 heterocycles. The Balaban J connectivity index is 1.77. The minimum Gasteiger partial charge on any atom is -0.490 e. The fraction of sp³-hybridized carbons (Fsp3) is 0.143. The first kappa shape index (κ1) is 17.5. The zero-order valence-electron chi connectivity index (χ0n) is 14.4. The Morgan fingerprint density at radius 2 is 1.77 bits per heavy atom. The van der Waals surface area contributed by atoms with Crippen LogP contribution in [0.15, 0.2) is 66.9 Å². The Morgan fingerprint density at radius 1 is 0.962 bits per heavy atom. The van der Waals surface area contributed by atoms with Crippen molar-refractivity contribution in [3.8, 4) is 11.5 Å². The summed E-state index contributed by atoms with van der Waals surface area (Å²) in [5.41, 5.74) is 1.74. The number of hydrogen-bond acceptors (Lipinski definition) is 4. The Bertz CT molecular complexity index is 950. The van der Waals surface area contributed by atoms with Gasteiger partial charge >= 0.3 is 0 Å². The van der Waals surface area contributed by atoms with Gasteiger partial charge in [-0.3, -0.25) is 10.1 Å². The number of nitrogens with zero attached hydrogens (tertiary/aromatic N) is 1. The Kier molecular flexibility index (Phi) is 5.49. The third-order valence-electron chi connectivity index (χ3n) is 3.86. The maximum atomic E-state index is 10.5. The van der Waals surface area contributed by atoms with Crippen molar-refractivity contribution in [2.45, 2.75) is 13.5 Å². The lowest BCUT2D eigenvalue weighted by Gasteiger charge is -2.13. The van der Waals surface area contributed by atoms with Crippen LogP contribution in [0.1, 0.15) is 18.1 Å². The molecule has 0 radical (unpaired) electrons. The van der Waals surface area contributed by atoms with Crippen molar-refractivity contribution < 1.29 is 14.4 Å². The average Bonchev–Trinajstić information content (AvgIpc) is 2.65. The molecule has 0 aromatic heterocycles. The summed E-state index contributed by atoms with van der Waals surface area (Å²) in [5.74, 6) is 1.18. The summed E-state index contributed by atoms with van der Waals surface area (Å²) >= 11 is 0. The first-order valence-electron chi connectivity index (χ1n) is 8.35. The highest BCUT2D eigenvalue weighted by molar-refractivity contribution is 5.82. The third-order valence-corrected chi connectivity index (χ3v) is 3.86. The highest BCUT2D eigenvalue weighted by atomic mass is 16.6. The molecule has 0 aliphatic rings. The minimum absolute atomic E-state index is 0.412. The first-order valence-corrected chi connectivity index (χ1v) is 8.35. The normalized spacial score (nSPS) is 11.0. The first-order chi connectivity index (χ1) is 12.7. The lowest BCUT2D eigenvalue weighted by molar-refractivity contribution is -0.400. The summed E-state index contributed by atoms with van der Waals surface area (Å²) in [6.45, 7) is 2.77. The highest BCUT2D eigenvalue weighted by Crippen LogP contribution is 2.30. The standard InChI is InChI=1S/C21H19NO4/c1-2-25-21-14-16(11-12-22(23)24)8-10-20(21)26-15-17-7-9-18-5-3-4-6-19(18)13-17/h3-14H,2,15H2,1H3/b12-11+. The summed E-state index contributed by atoms with van der Waals surface area (Å²) in [4.78, 5) is 9.97. The van der Waals surface area contributed by atoms with Crippen LogP contribution in [-0.4, -0.2) is 11.5 Å². The molecule has 0 amide bonds. The molecular weight excluding hydrogens is 330 g/mol. The Morgan fingerprint density at radius 3 is 2.54 bits per heavy atom. The van der Waals surface area contributed by atoms with E-state index in [1.54, 1.807) is 18.2 Å². The van der Waals surface area contributed by atoms with Crippen molar-refractivity contribution in [1.82, 2.24) is 0 Å². The van der Waals surface area contributed by atoms with Gasteiger partial charge in [-0.25, -0.2) is 0 Å². The summed E-state index contributed by atoms with van der Waals surface area (Å²) in [7, 11) is 0. The molecule has 0 aliphatic heterocycles. The van der Waals surface area contributed by atoms with Crippen LogP contribution < -0.4 is 9.47 Å². The van der Waals surface area contributed by atoms with Gasteiger partial charge in [0.1, 0.15) is 6.61 Å². The van der Waals surface area contributed by atoms with Gasteiger partial charge in [0.2, 0.25) is 6.20 Å². The van der Waals surface area contributed by atoms with Crippen LogP contribution in [0.3, 0.4) is 0 Å². The van der Waals surface area contributed by atoms with Crippen LogP contribution in [0, 0.1) is 10.1 Å². The average molecular weight is 349 g/mol. The number of benzene rings is 3. The van der Waals surface area contributed by atoms with Gasteiger partial charge in [-0.1, -0.05) is 42.5 Å². The molecule has 0 fully saturated rings. The van der Waals surface area contributed by atoms with Gasteiger partial charge in [-0.05, 0) is 47.0 Å². The molecular formula is C21H19NO4. The van der Waals surface area contributed by atoms with Crippen molar-refractivity contribution in [2.24, 2.45) is 0 Å². The van der Waals surface area contributed by atoms with Crippen LogP contribution in [0.5, 0.6) is 11.5 Å². The second-order valence-electron chi connectivity index (χ2n) is 5.71. The maximum absolute atomic E-state index is 10.5. The van der Waals surface area contributed by atoms with Gasteiger partial charge in [-0.2, -0.15) is 0 Å². The van der Waals surface area contributed by atoms with E-state index in [4.69, 9.17) is 9.47 Å². The molecule has 5 nitrogen and oxygen atoms in total. The van der Waals surface area contributed by atoms with Gasteiger partial charge < -0.3 is 9.47 Å². The van der Waals surface area contributed by atoms with Gasteiger partial charge in [0, 0.05) is 6.08 Å². The lowest BCUT2D eigenvalue weighted by Crippen LogP contribution is -2.00. The molecule has 132 valence electrons. The highest BCUT2D eigenvalue weighted by Gasteiger charge is 2.07. The van der Waals surface area contributed by atoms with Crippen molar-refractivity contribution >= 4 is 16.8 Å². The van der Waals surface area contributed by atoms with Crippen molar-refractivity contribution in [1.29, 1.82) is 0 Å². The van der Waals surface area contributed by atoms with Gasteiger partial charge in [0.05, 0.1) is 11.5 Å². The van der Waals surface area contributed by atoms with E-state index in [0.29, 0.717) is 30.3 Å². The van der Waals surface area contributed by atoms with E-state index in [1.165, 1.54) is 16.8 Å². The summed E-state index contributed by atoms with van der Waals surface area (Å²) in [5, 5.41) is 12.8. The summed E-state index contributed by atoms with van der Waals surface area (Å²) in [6, 6.07) is 19.7. The summed E-state index contributed by atoms with van der Waals surface area (Å²) in [6.07, 6.45) is 2.33. The van der Waals surface area contributed by atoms with Gasteiger partial charge in [0.15, 0.2) is 11.5 Å². The van der Waals surface area contributed by atoms with Crippen LogP contribution >= 0.6 is 0 Å². The number of hydrogen-bond donors (Lipinski definition) is 0. The number of rotatable bonds is 7.